The summed E-state index contributed by atoms with van der Waals surface area (Å²) in [6, 6.07) is 3.65. The van der Waals surface area contributed by atoms with Crippen LogP contribution in [0.1, 0.15) is 16.8 Å². The Morgan fingerprint density at radius 3 is 2.53 bits per heavy atom. The van der Waals surface area contributed by atoms with Crippen molar-refractivity contribution in [1.82, 2.24) is 9.88 Å². The van der Waals surface area contributed by atoms with E-state index >= 15 is 0 Å². The molecule has 2 N–H and O–H groups in total. The van der Waals surface area contributed by atoms with Crippen LogP contribution in [0.4, 0.5) is 5.82 Å². The zero-order valence-corrected chi connectivity index (χ0v) is 10.7. The van der Waals surface area contributed by atoms with Crippen LogP contribution < -0.4 is 10.6 Å². The first-order chi connectivity index (χ1) is 8.06. The molecule has 0 saturated carbocycles. The van der Waals surface area contributed by atoms with Gasteiger partial charge in [0.15, 0.2) is 0 Å². The molecule has 5 nitrogen and oxygen atoms in total. The lowest BCUT2D eigenvalue weighted by molar-refractivity contribution is 0.0827. The van der Waals surface area contributed by atoms with Crippen molar-refractivity contribution in [3.05, 3.63) is 23.9 Å². The van der Waals surface area contributed by atoms with Crippen molar-refractivity contribution in [2.24, 2.45) is 5.73 Å². The van der Waals surface area contributed by atoms with Gasteiger partial charge < -0.3 is 15.5 Å². The van der Waals surface area contributed by atoms with Crippen molar-refractivity contribution >= 4 is 11.7 Å². The van der Waals surface area contributed by atoms with E-state index in [0.717, 1.165) is 18.8 Å². The van der Waals surface area contributed by atoms with E-state index in [1.807, 2.05) is 18.0 Å². The maximum atomic E-state index is 11.7. The molecule has 1 rings (SSSR count). The Labute approximate surface area is 102 Å². The number of nitrogens with two attached hydrogens (primary N) is 1. The third-order valence-electron chi connectivity index (χ3n) is 2.49. The molecule has 0 unspecified atom stereocenters. The molecule has 0 aromatic carbocycles. The monoisotopic (exact) mass is 236 g/mol. The van der Waals surface area contributed by atoms with Gasteiger partial charge in [0.25, 0.3) is 5.91 Å². The zero-order valence-electron chi connectivity index (χ0n) is 10.7. The van der Waals surface area contributed by atoms with Gasteiger partial charge in [0.05, 0.1) is 5.56 Å². The summed E-state index contributed by atoms with van der Waals surface area (Å²) in [5.41, 5.74) is 6.06. The molecule has 1 aromatic heterocycles. The van der Waals surface area contributed by atoms with Crippen molar-refractivity contribution in [2.45, 2.75) is 6.42 Å². The summed E-state index contributed by atoms with van der Waals surface area (Å²) < 4.78 is 0. The van der Waals surface area contributed by atoms with Crippen LogP contribution in [0.2, 0.25) is 0 Å². The molecule has 0 aliphatic rings. The van der Waals surface area contributed by atoms with Crippen LogP contribution in [-0.4, -0.2) is 50.0 Å². The number of amides is 1. The van der Waals surface area contributed by atoms with Crippen LogP contribution in [0.15, 0.2) is 18.3 Å². The SMILES string of the molecule is CN(C)C(=O)c1ccc(N(C)CCCN)nc1. The quantitative estimate of drug-likeness (QED) is 0.812. The molecule has 0 spiro atoms. The fourth-order valence-electron chi connectivity index (χ4n) is 1.44. The summed E-state index contributed by atoms with van der Waals surface area (Å²) in [4.78, 5) is 19.5. The minimum atomic E-state index is -0.0336. The first-order valence-electron chi connectivity index (χ1n) is 5.65. The van der Waals surface area contributed by atoms with E-state index in [0.29, 0.717) is 12.1 Å². The van der Waals surface area contributed by atoms with Gasteiger partial charge in [-0.1, -0.05) is 0 Å². The lowest BCUT2D eigenvalue weighted by Crippen LogP contribution is -2.23. The molecule has 0 fully saturated rings. The molecule has 5 heteroatoms. The second-order valence-electron chi connectivity index (χ2n) is 4.17. The molecule has 0 aliphatic carbocycles. The van der Waals surface area contributed by atoms with E-state index in [1.54, 1.807) is 26.4 Å². The van der Waals surface area contributed by atoms with E-state index in [9.17, 15) is 4.79 Å². The minimum Gasteiger partial charge on any atom is -0.360 e. The third-order valence-corrected chi connectivity index (χ3v) is 2.49. The van der Waals surface area contributed by atoms with Gasteiger partial charge in [-0.15, -0.1) is 0 Å². The van der Waals surface area contributed by atoms with Gasteiger partial charge in [-0.05, 0) is 25.1 Å². The van der Waals surface area contributed by atoms with Crippen LogP contribution in [-0.2, 0) is 0 Å². The number of nitrogens with zero attached hydrogens (tertiary/aromatic N) is 3. The molecular formula is C12H20N4O. The molecule has 17 heavy (non-hydrogen) atoms. The Morgan fingerprint density at radius 1 is 1.35 bits per heavy atom. The van der Waals surface area contributed by atoms with E-state index in [-0.39, 0.29) is 5.91 Å². The van der Waals surface area contributed by atoms with Crippen LogP contribution in [0, 0.1) is 0 Å². The van der Waals surface area contributed by atoms with E-state index < -0.39 is 0 Å². The average molecular weight is 236 g/mol. The van der Waals surface area contributed by atoms with Gasteiger partial charge in [-0.25, -0.2) is 4.98 Å². The topological polar surface area (TPSA) is 62.5 Å². The Balaban J connectivity index is 2.70. The zero-order chi connectivity index (χ0) is 12.8. The highest BCUT2D eigenvalue weighted by molar-refractivity contribution is 5.93. The number of hydrogen-bond acceptors (Lipinski definition) is 4. The van der Waals surface area contributed by atoms with Crippen molar-refractivity contribution in [3.63, 3.8) is 0 Å². The summed E-state index contributed by atoms with van der Waals surface area (Å²) in [6.45, 7) is 1.53. The molecule has 94 valence electrons. The second kappa shape index (κ2) is 6.20. The van der Waals surface area contributed by atoms with Crippen LogP contribution >= 0.6 is 0 Å². The van der Waals surface area contributed by atoms with Gasteiger partial charge in [0.1, 0.15) is 5.82 Å². The Morgan fingerprint density at radius 2 is 2.06 bits per heavy atom. The van der Waals surface area contributed by atoms with Gasteiger partial charge in [-0.3, -0.25) is 4.79 Å². The first kappa shape index (κ1) is 13.4. The normalized spacial score (nSPS) is 10.1. The van der Waals surface area contributed by atoms with Gasteiger partial charge in [0, 0.05) is 33.9 Å². The van der Waals surface area contributed by atoms with Gasteiger partial charge >= 0.3 is 0 Å². The van der Waals surface area contributed by atoms with Crippen LogP contribution in [0.3, 0.4) is 0 Å². The van der Waals surface area contributed by atoms with E-state index in [2.05, 4.69) is 4.98 Å². The van der Waals surface area contributed by atoms with Crippen molar-refractivity contribution in [3.8, 4) is 0 Å². The Bertz CT molecular complexity index is 361. The number of pyridine rings is 1. The number of carbonyl (C=O) groups is 1. The summed E-state index contributed by atoms with van der Waals surface area (Å²) in [6.07, 6.45) is 2.53. The first-order valence-corrected chi connectivity index (χ1v) is 5.65. The molecule has 1 heterocycles. The second-order valence-corrected chi connectivity index (χ2v) is 4.17. The Hall–Kier alpha value is -1.62. The van der Waals surface area contributed by atoms with E-state index in [1.165, 1.54) is 4.90 Å². The summed E-state index contributed by atoms with van der Waals surface area (Å²) in [5, 5.41) is 0. The number of carbonyl (C=O) groups excluding carboxylic acids is 1. The standard InChI is InChI=1S/C12H20N4O/c1-15(2)12(17)10-5-6-11(14-9-10)16(3)8-4-7-13/h5-6,9H,4,7-8,13H2,1-3H3. The van der Waals surface area contributed by atoms with Crippen LogP contribution in [0.5, 0.6) is 0 Å². The number of anilines is 1. The van der Waals surface area contributed by atoms with Crippen molar-refractivity contribution in [1.29, 1.82) is 0 Å². The number of aromatic nitrogens is 1. The molecular weight excluding hydrogens is 216 g/mol. The highest BCUT2D eigenvalue weighted by Crippen LogP contribution is 2.10. The molecule has 0 radical (unpaired) electrons. The molecule has 1 amide bonds. The van der Waals surface area contributed by atoms with Crippen molar-refractivity contribution < 1.29 is 4.79 Å². The molecule has 0 aliphatic heterocycles. The molecule has 0 saturated heterocycles. The van der Waals surface area contributed by atoms with Gasteiger partial charge in [-0.2, -0.15) is 0 Å². The Kier molecular flexibility index (Phi) is 4.90. The summed E-state index contributed by atoms with van der Waals surface area (Å²) in [7, 11) is 5.42. The predicted octanol–water partition coefficient (Wildman–Crippen LogP) is 0.568. The fraction of sp³-hybridized carbons (Fsp3) is 0.500. The van der Waals surface area contributed by atoms with Crippen LogP contribution in [0.25, 0.3) is 0 Å². The largest absolute Gasteiger partial charge is 0.360 e. The van der Waals surface area contributed by atoms with Gasteiger partial charge in [0.2, 0.25) is 0 Å². The number of rotatable bonds is 5. The fourth-order valence-corrected chi connectivity index (χ4v) is 1.44. The van der Waals surface area contributed by atoms with Crippen molar-refractivity contribution in [2.75, 3.05) is 39.1 Å². The number of hydrogen-bond donors (Lipinski definition) is 1. The maximum Gasteiger partial charge on any atom is 0.254 e. The lowest BCUT2D eigenvalue weighted by atomic mass is 10.2. The minimum absolute atomic E-state index is 0.0336. The molecule has 0 atom stereocenters. The highest BCUT2D eigenvalue weighted by Gasteiger charge is 2.09. The molecule has 0 bridgehead atoms. The highest BCUT2D eigenvalue weighted by atomic mass is 16.2. The smallest absolute Gasteiger partial charge is 0.254 e. The summed E-state index contributed by atoms with van der Waals surface area (Å²) in [5.74, 6) is 0.822. The third kappa shape index (κ3) is 3.71. The lowest BCUT2D eigenvalue weighted by Gasteiger charge is -2.18. The van der Waals surface area contributed by atoms with E-state index in [4.69, 9.17) is 5.73 Å². The average Bonchev–Trinajstić information content (AvgIpc) is 2.35. The summed E-state index contributed by atoms with van der Waals surface area (Å²) >= 11 is 0. The predicted molar refractivity (Wildman–Crippen MR) is 69.2 cm³/mol. The molecule has 1 aromatic rings. The maximum absolute atomic E-state index is 11.7.